The second-order valence-electron chi connectivity index (χ2n) is 1.86. The predicted octanol–water partition coefficient (Wildman–Crippen LogP) is 0.982. The smallest absolute Gasteiger partial charge is 0.234 e. The van der Waals surface area contributed by atoms with Crippen molar-refractivity contribution in [3.8, 4) is 0 Å². The van der Waals surface area contributed by atoms with Gasteiger partial charge in [0.1, 0.15) is 0 Å². The first-order valence-corrected chi connectivity index (χ1v) is 5.54. The zero-order valence-electron chi connectivity index (χ0n) is 5.84. The van der Waals surface area contributed by atoms with E-state index in [1.54, 1.807) is 0 Å². The molecule has 0 fully saturated rings. The van der Waals surface area contributed by atoms with Crippen LogP contribution < -0.4 is 0 Å². The molecule has 3 nitrogen and oxygen atoms in total. The summed E-state index contributed by atoms with van der Waals surface area (Å²) < 4.78 is 25.5. The summed E-state index contributed by atoms with van der Waals surface area (Å²) in [6, 6.07) is 0. The Labute approximate surface area is 65.7 Å². The van der Waals surface area contributed by atoms with Crippen molar-refractivity contribution in [3.63, 3.8) is 0 Å². The lowest BCUT2D eigenvalue weighted by molar-refractivity contribution is 0.150. The summed E-state index contributed by atoms with van der Waals surface area (Å²) in [7, 11) is 1.55. The van der Waals surface area contributed by atoms with Gasteiger partial charge >= 0.3 is 0 Å². The monoisotopic (exact) mass is 186 g/mol. The lowest BCUT2D eigenvalue weighted by Gasteiger charge is -1.97. The minimum absolute atomic E-state index is 0.103. The Balaban J connectivity index is 3.21. The molecule has 0 amide bonds. The van der Waals surface area contributed by atoms with Gasteiger partial charge in [0.15, 0.2) is 0 Å². The summed E-state index contributed by atoms with van der Waals surface area (Å²) in [6.07, 6.45) is 0.891. The molecule has 0 aromatic heterocycles. The first-order valence-electron chi connectivity index (χ1n) is 3.06. The summed E-state index contributed by atoms with van der Waals surface area (Å²) in [5, 5.41) is 0. The molecule has 0 unspecified atom stereocenters. The fourth-order valence-corrected chi connectivity index (χ4v) is 0.911. The molecule has 0 N–H and O–H groups in total. The molecule has 62 valence electrons. The van der Waals surface area contributed by atoms with Gasteiger partial charge in [0, 0.05) is 17.3 Å². The van der Waals surface area contributed by atoms with Gasteiger partial charge in [-0.25, -0.2) is 8.42 Å². The van der Waals surface area contributed by atoms with Crippen molar-refractivity contribution in [2.24, 2.45) is 0 Å². The van der Waals surface area contributed by atoms with Crippen LogP contribution in [0.4, 0.5) is 0 Å². The molecule has 0 aromatic rings. The molecule has 0 aromatic carbocycles. The van der Waals surface area contributed by atoms with E-state index in [2.05, 4.69) is 0 Å². The van der Waals surface area contributed by atoms with E-state index in [-0.39, 0.29) is 12.4 Å². The lowest BCUT2D eigenvalue weighted by atomic mass is 10.5. The van der Waals surface area contributed by atoms with Crippen molar-refractivity contribution in [1.29, 1.82) is 0 Å². The Morgan fingerprint density at radius 1 is 1.40 bits per heavy atom. The average Bonchev–Trinajstić information content (AvgIpc) is 1.78. The summed E-state index contributed by atoms with van der Waals surface area (Å²) in [4.78, 5) is 0. The molecule has 5 heteroatoms. The van der Waals surface area contributed by atoms with E-state index in [1.807, 2.05) is 6.92 Å². The normalized spacial score (nSPS) is 11.8. The quantitative estimate of drug-likeness (QED) is 0.475. The van der Waals surface area contributed by atoms with E-state index in [0.29, 0.717) is 6.61 Å². The van der Waals surface area contributed by atoms with Gasteiger partial charge in [-0.1, -0.05) is 6.92 Å². The first-order chi connectivity index (χ1) is 4.56. The van der Waals surface area contributed by atoms with Crippen LogP contribution in [0.25, 0.3) is 0 Å². The van der Waals surface area contributed by atoms with Crippen LogP contribution in [0.2, 0.25) is 0 Å². The second kappa shape index (κ2) is 4.93. The van der Waals surface area contributed by atoms with Crippen LogP contribution in [0.3, 0.4) is 0 Å². The summed E-state index contributed by atoms with van der Waals surface area (Å²) in [6.45, 7) is 2.74. The van der Waals surface area contributed by atoms with Gasteiger partial charge in [-0.05, 0) is 6.42 Å². The van der Waals surface area contributed by atoms with Crippen LogP contribution in [0.15, 0.2) is 0 Å². The van der Waals surface area contributed by atoms with Crippen molar-refractivity contribution in [1.82, 2.24) is 0 Å². The van der Waals surface area contributed by atoms with E-state index in [4.69, 9.17) is 15.4 Å². The van der Waals surface area contributed by atoms with Crippen LogP contribution in [0, 0.1) is 0 Å². The number of hydrogen-bond acceptors (Lipinski definition) is 3. The number of ether oxygens (including phenoxy) is 1. The molecule has 0 heterocycles. The fourth-order valence-electron chi connectivity index (χ4n) is 0.405. The van der Waals surface area contributed by atoms with Gasteiger partial charge in [0.2, 0.25) is 9.05 Å². The van der Waals surface area contributed by atoms with Crippen molar-refractivity contribution in [2.75, 3.05) is 19.0 Å². The maximum absolute atomic E-state index is 10.3. The third kappa shape index (κ3) is 8.20. The van der Waals surface area contributed by atoms with Gasteiger partial charge in [-0.2, -0.15) is 0 Å². The molecule has 0 spiro atoms. The SMILES string of the molecule is CCCOCCS(=O)(=O)Cl. The van der Waals surface area contributed by atoms with Crippen LogP contribution in [0.1, 0.15) is 13.3 Å². The van der Waals surface area contributed by atoms with E-state index in [0.717, 1.165) is 6.42 Å². The topological polar surface area (TPSA) is 43.4 Å². The molecule has 0 atom stereocenters. The van der Waals surface area contributed by atoms with Crippen LogP contribution in [0.5, 0.6) is 0 Å². The Hall–Kier alpha value is 0.200. The standard InChI is InChI=1S/C5H11ClO3S/c1-2-3-9-4-5-10(6,7)8/h2-5H2,1H3. The molecule has 0 saturated carbocycles. The molecule has 10 heavy (non-hydrogen) atoms. The van der Waals surface area contributed by atoms with Crippen LogP contribution in [-0.4, -0.2) is 27.4 Å². The van der Waals surface area contributed by atoms with Crippen molar-refractivity contribution in [3.05, 3.63) is 0 Å². The molecule has 0 radical (unpaired) electrons. The van der Waals surface area contributed by atoms with Crippen LogP contribution in [-0.2, 0) is 13.8 Å². The lowest BCUT2D eigenvalue weighted by Crippen LogP contribution is -2.06. The molecule has 0 bridgehead atoms. The third-order valence-corrected chi connectivity index (χ3v) is 1.94. The summed E-state index contributed by atoms with van der Waals surface area (Å²) in [5.74, 6) is -0.103. The third-order valence-electron chi connectivity index (χ3n) is 0.820. The number of halogens is 1. The van der Waals surface area contributed by atoms with Crippen molar-refractivity contribution < 1.29 is 13.2 Å². The highest BCUT2D eigenvalue weighted by atomic mass is 35.7. The van der Waals surface area contributed by atoms with Gasteiger partial charge in [0.05, 0.1) is 12.4 Å². The highest BCUT2D eigenvalue weighted by molar-refractivity contribution is 8.13. The van der Waals surface area contributed by atoms with Crippen molar-refractivity contribution in [2.45, 2.75) is 13.3 Å². The summed E-state index contributed by atoms with van der Waals surface area (Å²) >= 11 is 0. The van der Waals surface area contributed by atoms with Crippen LogP contribution >= 0.6 is 10.7 Å². The minimum Gasteiger partial charge on any atom is -0.380 e. The van der Waals surface area contributed by atoms with E-state index in [1.165, 1.54) is 0 Å². The highest BCUT2D eigenvalue weighted by Crippen LogP contribution is 1.95. The minimum atomic E-state index is -3.36. The zero-order valence-corrected chi connectivity index (χ0v) is 7.41. The first kappa shape index (κ1) is 10.2. The van der Waals surface area contributed by atoms with E-state index in [9.17, 15) is 8.42 Å². The van der Waals surface area contributed by atoms with Gasteiger partial charge in [-0.3, -0.25) is 0 Å². The summed E-state index contributed by atoms with van der Waals surface area (Å²) in [5.41, 5.74) is 0. The Morgan fingerprint density at radius 3 is 2.40 bits per heavy atom. The molecular formula is C5H11ClO3S. The average molecular weight is 187 g/mol. The van der Waals surface area contributed by atoms with Gasteiger partial charge in [-0.15, -0.1) is 0 Å². The maximum Gasteiger partial charge on any atom is 0.234 e. The Morgan fingerprint density at radius 2 is 2.00 bits per heavy atom. The molecule has 0 aliphatic rings. The zero-order chi connectivity index (χ0) is 8.04. The molecular weight excluding hydrogens is 176 g/mol. The molecule has 0 saturated heterocycles. The Bertz CT molecular complexity index is 164. The molecule has 0 aliphatic carbocycles. The fraction of sp³-hybridized carbons (Fsp3) is 1.00. The second-order valence-corrected chi connectivity index (χ2v) is 4.75. The number of rotatable bonds is 5. The highest BCUT2D eigenvalue weighted by Gasteiger charge is 2.02. The predicted molar refractivity (Wildman–Crippen MR) is 40.7 cm³/mol. The maximum atomic E-state index is 10.3. The van der Waals surface area contributed by atoms with Gasteiger partial charge < -0.3 is 4.74 Å². The largest absolute Gasteiger partial charge is 0.380 e. The van der Waals surface area contributed by atoms with Gasteiger partial charge in [0.25, 0.3) is 0 Å². The molecule has 0 rings (SSSR count). The Kier molecular flexibility index (Phi) is 5.03. The number of hydrogen-bond donors (Lipinski definition) is 0. The van der Waals surface area contributed by atoms with E-state index >= 15 is 0 Å². The van der Waals surface area contributed by atoms with Crippen molar-refractivity contribution >= 4 is 19.7 Å². The van der Waals surface area contributed by atoms with E-state index < -0.39 is 9.05 Å². The molecule has 0 aliphatic heterocycles.